The molecule has 5 nitrogen and oxygen atoms in total. The molecule has 1 N–H and O–H groups in total. The van der Waals surface area contributed by atoms with Crippen molar-refractivity contribution >= 4 is 29.3 Å². The molecule has 0 radical (unpaired) electrons. The third kappa shape index (κ3) is 4.19. The number of methoxy groups -OCH3 is 1. The van der Waals surface area contributed by atoms with Gasteiger partial charge < -0.3 is 14.7 Å². The van der Waals surface area contributed by atoms with Gasteiger partial charge in [0.25, 0.3) is 5.90 Å². The highest BCUT2D eigenvalue weighted by molar-refractivity contribution is 7.10. The Labute approximate surface area is 125 Å². The minimum atomic E-state index is -0.619. The second kappa shape index (κ2) is 7.25. The standard InChI is InChI=1S/C15H13NO4S/c1-19-12-6-4-11(5-7-12)15(16-18)20-14(17)9-8-13-3-2-10-21-13/h2-10,18H,1H3/b9-8+,16-15+. The van der Waals surface area contributed by atoms with Crippen molar-refractivity contribution in [3.8, 4) is 5.75 Å². The molecule has 0 unspecified atom stereocenters. The first-order valence-corrected chi connectivity index (χ1v) is 6.91. The van der Waals surface area contributed by atoms with Gasteiger partial charge in [0, 0.05) is 16.5 Å². The summed E-state index contributed by atoms with van der Waals surface area (Å²) in [6.07, 6.45) is 2.91. The number of oxime groups is 1. The third-order valence-electron chi connectivity index (χ3n) is 2.55. The van der Waals surface area contributed by atoms with Crippen molar-refractivity contribution in [1.29, 1.82) is 0 Å². The quantitative estimate of drug-likeness (QED) is 0.235. The van der Waals surface area contributed by atoms with Gasteiger partial charge >= 0.3 is 5.97 Å². The van der Waals surface area contributed by atoms with E-state index in [2.05, 4.69) is 5.16 Å². The molecule has 0 saturated heterocycles. The zero-order valence-electron chi connectivity index (χ0n) is 11.2. The lowest BCUT2D eigenvalue weighted by Gasteiger charge is -2.05. The van der Waals surface area contributed by atoms with Crippen LogP contribution in [-0.2, 0) is 9.53 Å². The van der Waals surface area contributed by atoms with Crippen LogP contribution in [0.2, 0.25) is 0 Å². The SMILES string of the molecule is COc1ccc(/C(=N\O)OC(=O)/C=C/c2cccs2)cc1. The molecule has 0 atom stereocenters. The van der Waals surface area contributed by atoms with Crippen LogP contribution in [0.1, 0.15) is 10.4 Å². The molecular weight excluding hydrogens is 290 g/mol. The topological polar surface area (TPSA) is 68.1 Å². The molecule has 21 heavy (non-hydrogen) atoms. The first-order chi connectivity index (χ1) is 10.2. The highest BCUT2D eigenvalue weighted by Crippen LogP contribution is 2.13. The van der Waals surface area contributed by atoms with Crippen LogP contribution in [0.15, 0.2) is 53.0 Å². The second-order valence-electron chi connectivity index (χ2n) is 3.90. The van der Waals surface area contributed by atoms with Gasteiger partial charge in [0.2, 0.25) is 0 Å². The number of rotatable bonds is 4. The molecule has 0 saturated carbocycles. The molecule has 1 aromatic carbocycles. The normalized spacial score (nSPS) is 11.6. The first kappa shape index (κ1) is 14.8. The molecule has 1 heterocycles. The minimum Gasteiger partial charge on any atom is -0.497 e. The van der Waals surface area contributed by atoms with E-state index in [1.54, 1.807) is 37.5 Å². The molecule has 2 aromatic rings. The molecule has 0 fully saturated rings. The van der Waals surface area contributed by atoms with Crippen molar-refractivity contribution in [3.05, 3.63) is 58.3 Å². The number of benzene rings is 1. The molecule has 0 bridgehead atoms. The first-order valence-electron chi connectivity index (χ1n) is 6.03. The van der Waals surface area contributed by atoms with Crippen molar-refractivity contribution in [2.75, 3.05) is 7.11 Å². The van der Waals surface area contributed by atoms with Crippen molar-refractivity contribution in [2.24, 2.45) is 5.16 Å². The highest BCUT2D eigenvalue weighted by atomic mass is 32.1. The number of thiophene rings is 1. The van der Waals surface area contributed by atoms with E-state index in [0.29, 0.717) is 11.3 Å². The zero-order valence-corrected chi connectivity index (χ0v) is 12.0. The summed E-state index contributed by atoms with van der Waals surface area (Å²) in [4.78, 5) is 12.6. The van der Waals surface area contributed by atoms with E-state index < -0.39 is 5.97 Å². The largest absolute Gasteiger partial charge is 0.497 e. The molecule has 0 aliphatic carbocycles. The zero-order chi connectivity index (χ0) is 15.1. The Hall–Kier alpha value is -2.60. The van der Waals surface area contributed by atoms with Crippen molar-refractivity contribution in [3.63, 3.8) is 0 Å². The van der Waals surface area contributed by atoms with Gasteiger partial charge in [-0.2, -0.15) is 0 Å². The fourth-order valence-electron chi connectivity index (χ4n) is 1.54. The third-order valence-corrected chi connectivity index (χ3v) is 3.39. The average Bonchev–Trinajstić information content (AvgIpc) is 3.04. The van der Waals surface area contributed by atoms with Crippen LogP contribution in [0.5, 0.6) is 5.75 Å². The number of ether oxygens (including phenoxy) is 2. The second-order valence-corrected chi connectivity index (χ2v) is 4.88. The van der Waals surface area contributed by atoms with E-state index in [4.69, 9.17) is 14.7 Å². The van der Waals surface area contributed by atoms with E-state index in [9.17, 15) is 4.79 Å². The minimum absolute atomic E-state index is 0.168. The summed E-state index contributed by atoms with van der Waals surface area (Å²) in [6, 6.07) is 10.4. The van der Waals surface area contributed by atoms with Crippen LogP contribution < -0.4 is 4.74 Å². The maximum absolute atomic E-state index is 11.7. The number of carbonyl (C=O) groups excluding carboxylic acids is 1. The summed E-state index contributed by atoms with van der Waals surface area (Å²) in [6.45, 7) is 0. The van der Waals surface area contributed by atoms with Gasteiger partial charge in [-0.25, -0.2) is 4.79 Å². The summed E-state index contributed by atoms with van der Waals surface area (Å²) < 4.78 is 10.0. The lowest BCUT2D eigenvalue weighted by Crippen LogP contribution is -2.11. The monoisotopic (exact) mass is 303 g/mol. The number of esters is 1. The van der Waals surface area contributed by atoms with Crippen LogP contribution in [0.3, 0.4) is 0 Å². The van der Waals surface area contributed by atoms with Gasteiger partial charge in [-0.3, -0.25) is 0 Å². The van der Waals surface area contributed by atoms with Crippen LogP contribution in [0.4, 0.5) is 0 Å². The molecule has 2 rings (SSSR count). The molecule has 0 amide bonds. The lowest BCUT2D eigenvalue weighted by molar-refractivity contribution is -0.130. The fraction of sp³-hybridized carbons (Fsp3) is 0.0667. The van der Waals surface area contributed by atoms with Crippen LogP contribution in [-0.4, -0.2) is 24.2 Å². The van der Waals surface area contributed by atoms with Gasteiger partial charge in [-0.05, 0) is 46.9 Å². The summed E-state index contributed by atoms with van der Waals surface area (Å²) in [5.74, 6) is -0.134. The van der Waals surface area contributed by atoms with E-state index in [0.717, 1.165) is 4.88 Å². The van der Waals surface area contributed by atoms with E-state index in [-0.39, 0.29) is 5.90 Å². The van der Waals surface area contributed by atoms with Crippen LogP contribution in [0, 0.1) is 0 Å². The van der Waals surface area contributed by atoms with Crippen LogP contribution in [0.25, 0.3) is 6.08 Å². The van der Waals surface area contributed by atoms with Crippen LogP contribution >= 0.6 is 11.3 Å². The number of carbonyl (C=O) groups is 1. The van der Waals surface area contributed by atoms with Gasteiger partial charge in [0.15, 0.2) is 0 Å². The summed E-state index contributed by atoms with van der Waals surface area (Å²) >= 11 is 1.50. The summed E-state index contributed by atoms with van der Waals surface area (Å²) in [5.41, 5.74) is 0.469. The molecule has 0 aliphatic heterocycles. The van der Waals surface area contributed by atoms with Gasteiger partial charge in [-0.15, -0.1) is 11.3 Å². The van der Waals surface area contributed by atoms with E-state index in [1.165, 1.54) is 17.4 Å². The maximum Gasteiger partial charge on any atom is 0.337 e. The molecule has 108 valence electrons. The smallest absolute Gasteiger partial charge is 0.337 e. The Morgan fingerprint density at radius 2 is 2.05 bits per heavy atom. The number of hydrogen-bond donors (Lipinski definition) is 1. The van der Waals surface area contributed by atoms with Gasteiger partial charge in [-0.1, -0.05) is 6.07 Å². The predicted molar refractivity (Wildman–Crippen MR) is 80.8 cm³/mol. The molecule has 1 aromatic heterocycles. The van der Waals surface area contributed by atoms with Crippen molar-refractivity contribution in [2.45, 2.75) is 0 Å². The average molecular weight is 303 g/mol. The fourth-order valence-corrected chi connectivity index (χ4v) is 2.15. The summed E-state index contributed by atoms with van der Waals surface area (Å²) in [5, 5.41) is 13.9. The van der Waals surface area contributed by atoms with Crippen molar-refractivity contribution in [1.82, 2.24) is 0 Å². The molecular formula is C15H13NO4S. The molecule has 0 aliphatic rings. The Morgan fingerprint density at radius 3 is 2.62 bits per heavy atom. The Morgan fingerprint density at radius 1 is 1.29 bits per heavy atom. The Bertz CT molecular complexity index is 645. The number of nitrogens with zero attached hydrogens (tertiary/aromatic N) is 1. The van der Waals surface area contributed by atoms with E-state index >= 15 is 0 Å². The van der Waals surface area contributed by atoms with Crippen molar-refractivity contribution < 1.29 is 19.5 Å². The Kier molecular flexibility index (Phi) is 5.11. The maximum atomic E-state index is 11.7. The molecule has 6 heteroatoms. The molecule has 0 spiro atoms. The predicted octanol–water partition coefficient (Wildman–Crippen LogP) is 3.15. The number of hydrogen-bond acceptors (Lipinski definition) is 6. The van der Waals surface area contributed by atoms with E-state index in [1.807, 2.05) is 17.5 Å². The Balaban J connectivity index is 2.03. The van der Waals surface area contributed by atoms with Gasteiger partial charge in [0.1, 0.15) is 5.75 Å². The summed E-state index contributed by atoms with van der Waals surface area (Å²) in [7, 11) is 1.55. The highest BCUT2D eigenvalue weighted by Gasteiger charge is 2.10. The van der Waals surface area contributed by atoms with Gasteiger partial charge in [0.05, 0.1) is 7.11 Å². The lowest BCUT2D eigenvalue weighted by atomic mass is 10.2.